The van der Waals surface area contributed by atoms with Crippen LogP contribution in [0, 0.1) is 0 Å². The standard InChI is InChI=1S/C21H23NO6/c1-3-26-20(24)18(21(25)27-4-2)13-19(23)22(15-17-11-8-12-28-17)14-16-9-6-5-7-10-16/h5-13H,3-4,14-15H2,1-2H3. The first kappa shape index (κ1) is 21.0. The highest BCUT2D eigenvalue weighted by Crippen LogP contribution is 2.13. The summed E-state index contributed by atoms with van der Waals surface area (Å²) in [5, 5.41) is 0. The van der Waals surface area contributed by atoms with Gasteiger partial charge in [-0.25, -0.2) is 9.59 Å². The highest BCUT2D eigenvalue weighted by atomic mass is 16.6. The Bertz CT molecular complexity index is 791. The summed E-state index contributed by atoms with van der Waals surface area (Å²) in [4.78, 5) is 38.6. The fraction of sp³-hybridized carbons (Fsp3) is 0.286. The summed E-state index contributed by atoms with van der Waals surface area (Å²) in [6.07, 6.45) is 2.47. The average molecular weight is 385 g/mol. The number of hydrogen-bond acceptors (Lipinski definition) is 6. The van der Waals surface area contributed by atoms with Crippen LogP contribution in [0.5, 0.6) is 0 Å². The third kappa shape index (κ3) is 6.12. The number of hydrogen-bond donors (Lipinski definition) is 0. The Morgan fingerprint density at radius 1 is 0.929 bits per heavy atom. The highest BCUT2D eigenvalue weighted by Gasteiger charge is 2.24. The maximum Gasteiger partial charge on any atom is 0.345 e. The summed E-state index contributed by atoms with van der Waals surface area (Å²) < 4.78 is 15.1. The van der Waals surface area contributed by atoms with Crippen molar-refractivity contribution in [2.24, 2.45) is 0 Å². The van der Waals surface area contributed by atoms with E-state index in [0.29, 0.717) is 5.76 Å². The average Bonchev–Trinajstić information content (AvgIpc) is 3.19. The lowest BCUT2D eigenvalue weighted by Crippen LogP contribution is -2.30. The minimum Gasteiger partial charge on any atom is -0.467 e. The van der Waals surface area contributed by atoms with E-state index in [-0.39, 0.29) is 26.3 Å². The number of rotatable bonds is 9. The molecule has 0 aliphatic rings. The fourth-order valence-corrected chi connectivity index (χ4v) is 2.44. The maximum absolute atomic E-state index is 12.9. The molecule has 1 aromatic carbocycles. The van der Waals surface area contributed by atoms with E-state index in [2.05, 4.69) is 0 Å². The van der Waals surface area contributed by atoms with Crippen molar-refractivity contribution in [2.45, 2.75) is 26.9 Å². The summed E-state index contributed by atoms with van der Waals surface area (Å²) >= 11 is 0. The minimum absolute atomic E-state index is 0.0733. The molecule has 0 bridgehead atoms. The lowest BCUT2D eigenvalue weighted by atomic mass is 10.2. The zero-order valence-corrected chi connectivity index (χ0v) is 15.9. The molecule has 7 heteroatoms. The Morgan fingerprint density at radius 2 is 1.57 bits per heavy atom. The third-order valence-corrected chi connectivity index (χ3v) is 3.71. The highest BCUT2D eigenvalue weighted by molar-refractivity contribution is 6.17. The Hall–Kier alpha value is -3.35. The normalized spacial score (nSPS) is 10.1. The summed E-state index contributed by atoms with van der Waals surface area (Å²) in [5.41, 5.74) is 0.454. The van der Waals surface area contributed by atoms with Gasteiger partial charge in [-0.3, -0.25) is 4.79 Å². The lowest BCUT2D eigenvalue weighted by Gasteiger charge is -2.20. The van der Waals surface area contributed by atoms with Gasteiger partial charge < -0.3 is 18.8 Å². The van der Waals surface area contributed by atoms with Gasteiger partial charge in [0, 0.05) is 12.6 Å². The second-order valence-electron chi connectivity index (χ2n) is 5.76. The second kappa shape index (κ2) is 10.7. The molecule has 0 fully saturated rings. The van der Waals surface area contributed by atoms with E-state index in [9.17, 15) is 14.4 Å². The minimum atomic E-state index is -0.896. The van der Waals surface area contributed by atoms with Crippen LogP contribution < -0.4 is 0 Å². The number of esters is 2. The Balaban J connectivity index is 2.29. The number of ether oxygens (including phenoxy) is 2. The molecule has 28 heavy (non-hydrogen) atoms. The second-order valence-corrected chi connectivity index (χ2v) is 5.76. The molecule has 0 saturated heterocycles. The van der Waals surface area contributed by atoms with Crippen molar-refractivity contribution in [3.8, 4) is 0 Å². The fourth-order valence-electron chi connectivity index (χ4n) is 2.44. The van der Waals surface area contributed by atoms with Gasteiger partial charge in [0.25, 0.3) is 0 Å². The Morgan fingerprint density at radius 3 is 2.11 bits per heavy atom. The quantitative estimate of drug-likeness (QED) is 0.286. The van der Waals surface area contributed by atoms with E-state index in [4.69, 9.17) is 13.9 Å². The molecule has 0 aliphatic carbocycles. The van der Waals surface area contributed by atoms with E-state index in [1.54, 1.807) is 26.0 Å². The van der Waals surface area contributed by atoms with Crippen LogP contribution in [0.25, 0.3) is 0 Å². The molecule has 0 unspecified atom stereocenters. The SMILES string of the molecule is CCOC(=O)C(=CC(=O)N(Cc1ccccc1)Cc1ccco1)C(=O)OCC. The van der Waals surface area contributed by atoms with Gasteiger partial charge in [0.1, 0.15) is 11.3 Å². The molecule has 1 heterocycles. The summed E-state index contributed by atoms with van der Waals surface area (Å²) in [5.74, 6) is -1.75. The van der Waals surface area contributed by atoms with Crippen molar-refractivity contribution in [1.29, 1.82) is 0 Å². The molecule has 0 spiro atoms. The van der Waals surface area contributed by atoms with Crippen LogP contribution in [-0.2, 0) is 36.9 Å². The van der Waals surface area contributed by atoms with E-state index in [1.807, 2.05) is 30.3 Å². The first-order valence-electron chi connectivity index (χ1n) is 8.96. The molecule has 1 aromatic heterocycles. The molecule has 7 nitrogen and oxygen atoms in total. The van der Waals surface area contributed by atoms with Crippen LogP contribution in [0.3, 0.4) is 0 Å². The van der Waals surface area contributed by atoms with E-state index < -0.39 is 23.4 Å². The number of furan rings is 1. The van der Waals surface area contributed by atoms with Crippen LogP contribution in [0.15, 0.2) is 64.8 Å². The molecule has 1 amide bonds. The van der Waals surface area contributed by atoms with Crippen LogP contribution in [-0.4, -0.2) is 36.0 Å². The molecule has 0 aliphatic heterocycles. The number of carbonyl (C=O) groups excluding carboxylic acids is 3. The Labute approximate surface area is 163 Å². The molecule has 2 rings (SSSR count). The monoisotopic (exact) mass is 385 g/mol. The zero-order valence-electron chi connectivity index (χ0n) is 15.9. The molecule has 0 saturated carbocycles. The van der Waals surface area contributed by atoms with Crippen molar-refractivity contribution in [3.05, 3.63) is 71.7 Å². The van der Waals surface area contributed by atoms with Crippen molar-refractivity contribution in [1.82, 2.24) is 4.90 Å². The topological polar surface area (TPSA) is 86.1 Å². The third-order valence-electron chi connectivity index (χ3n) is 3.71. The predicted molar refractivity (Wildman–Crippen MR) is 101 cm³/mol. The van der Waals surface area contributed by atoms with E-state index in [1.165, 1.54) is 11.2 Å². The molecular weight excluding hydrogens is 362 g/mol. The summed E-state index contributed by atoms with van der Waals surface area (Å²) in [6.45, 7) is 3.82. The summed E-state index contributed by atoms with van der Waals surface area (Å²) in [6, 6.07) is 12.8. The van der Waals surface area contributed by atoms with Gasteiger partial charge in [0.15, 0.2) is 0 Å². The molecule has 0 radical (unpaired) electrons. The largest absolute Gasteiger partial charge is 0.467 e. The summed E-state index contributed by atoms with van der Waals surface area (Å²) in [7, 11) is 0. The van der Waals surface area contributed by atoms with Gasteiger partial charge in [0.2, 0.25) is 5.91 Å². The van der Waals surface area contributed by atoms with E-state index in [0.717, 1.165) is 11.6 Å². The van der Waals surface area contributed by atoms with E-state index >= 15 is 0 Å². The van der Waals surface area contributed by atoms with Gasteiger partial charge in [-0.1, -0.05) is 30.3 Å². The van der Waals surface area contributed by atoms with Gasteiger partial charge in [-0.15, -0.1) is 0 Å². The predicted octanol–water partition coefficient (Wildman–Crippen LogP) is 2.86. The van der Waals surface area contributed by atoms with Crippen molar-refractivity contribution in [2.75, 3.05) is 13.2 Å². The van der Waals surface area contributed by atoms with Crippen LogP contribution in [0.4, 0.5) is 0 Å². The molecule has 0 N–H and O–H groups in total. The Kier molecular flexibility index (Phi) is 8.02. The van der Waals surface area contributed by atoms with Crippen molar-refractivity contribution < 1.29 is 28.3 Å². The van der Waals surface area contributed by atoms with Crippen LogP contribution >= 0.6 is 0 Å². The van der Waals surface area contributed by atoms with Gasteiger partial charge >= 0.3 is 11.9 Å². The zero-order chi connectivity index (χ0) is 20.4. The number of benzene rings is 1. The number of carbonyl (C=O) groups is 3. The van der Waals surface area contributed by atoms with Crippen molar-refractivity contribution in [3.63, 3.8) is 0 Å². The van der Waals surface area contributed by atoms with Gasteiger partial charge in [-0.2, -0.15) is 0 Å². The lowest BCUT2D eigenvalue weighted by molar-refractivity contribution is -0.147. The van der Waals surface area contributed by atoms with Crippen LogP contribution in [0.1, 0.15) is 25.2 Å². The molecular formula is C21H23NO6. The number of amides is 1. The van der Waals surface area contributed by atoms with Crippen LogP contribution in [0.2, 0.25) is 0 Å². The van der Waals surface area contributed by atoms with Gasteiger partial charge in [0.05, 0.1) is 26.0 Å². The number of nitrogens with zero attached hydrogens (tertiary/aromatic N) is 1. The van der Waals surface area contributed by atoms with Gasteiger partial charge in [-0.05, 0) is 31.5 Å². The van der Waals surface area contributed by atoms with Crippen molar-refractivity contribution >= 4 is 17.8 Å². The molecule has 2 aromatic rings. The first-order chi connectivity index (χ1) is 13.5. The molecule has 0 atom stereocenters. The smallest absolute Gasteiger partial charge is 0.345 e. The maximum atomic E-state index is 12.9. The first-order valence-corrected chi connectivity index (χ1v) is 8.96. The molecule has 148 valence electrons.